The van der Waals surface area contributed by atoms with Gasteiger partial charge in [0.25, 0.3) is 0 Å². The maximum absolute atomic E-state index is 8.60. The van der Waals surface area contributed by atoms with Gasteiger partial charge in [0.2, 0.25) is 0 Å². The first-order valence-corrected chi connectivity index (χ1v) is 3.60. The lowest BCUT2D eigenvalue weighted by molar-refractivity contribution is 1.30. The molecule has 1 aromatic carbocycles. The maximum Gasteiger partial charge on any atom is 0.0991 e. The van der Waals surface area contributed by atoms with E-state index in [0.29, 0.717) is 0 Å². The molecule has 0 fully saturated rings. The topological polar surface area (TPSA) is 23.8 Å². The van der Waals surface area contributed by atoms with Gasteiger partial charge in [0, 0.05) is 0 Å². The molecule has 0 heterocycles. The summed E-state index contributed by atoms with van der Waals surface area (Å²) in [7, 11) is 0. The Bertz CT molecular complexity index is 356. The number of rotatable bonds is 0. The first-order chi connectivity index (χ1) is 5.40. The predicted octanol–water partition coefficient (Wildman–Crippen LogP) is 2.13. The van der Waals surface area contributed by atoms with E-state index in [1.54, 1.807) is 0 Å². The van der Waals surface area contributed by atoms with Crippen LogP contribution in [0.4, 0.5) is 0 Å². The standard InChI is InChI=1S/C10H7N/c11-7-8-4-5-9-2-1-3-10(9)6-8/h1-2,4-6H,3H2. The van der Waals surface area contributed by atoms with Crippen molar-refractivity contribution >= 4 is 6.08 Å². The van der Waals surface area contributed by atoms with Gasteiger partial charge in [-0.3, -0.25) is 0 Å². The summed E-state index contributed by atoms with van der Waals surface area (Å²) in [6, 6.07) is 7.94. The van der Waals surface area contributed by atoms with Crippen molar-refractivity contribution in [3.63, 3.8) is 0 Å². The summed E-state index contributed by atoms with van der Waals surface area (Å²) < 4.78 is 0. The smallest absolute Gasteiger partial charge is 0.0991 e. The number of fused-ring (bicyclic) bond motifs is 1. The maximum atomic E-state index is 8.60. The summed E-state index contributed by atoms with van der Waals surface area (Å²) in [4.78, 5) is 0. The van der Waals surface area contributed by atoms with E-state index in [-0.39, 0.29) is 0 Å². The predicted molar refractivity (Wildman–Crippen MR) is 43.9 cm³/mol. The summed E-state index contributed by atoms with van der Waals surface area (Å²) in [6.45, 7) is 0. The number of hydrogen-bond acceptors (Lipinski definition) is 1. The monoisotopic (exact) mass is 141 g/mol. The van der Waals surface area contributed by atoms with Crippen LogP contribution in [0.2, 0.25) is 0 Å². The molecule has 0 saturated heterocycles. The molecule has 0 bridgehead atoms. The molecule has 2 rings (SSSR count). The summed E-state index contributed by atoms with van der Waals surface area (Å²) in [5.74, 6) is 0. The Hall–Kier alpha value is -1.55. The van der Waals surface area contributed by atoms with Crippen LogP contribution in [-0.4, -0.2) is 0 Å². The SMILES string of the molecule is N#Cc1ccc2c(c1)CC=C2. The highest BCUT2D eigenvalue weighted by molar-refractivity contribution is 5.61. The normalized spacial score (nSPS) is 12.6. The molecule has 0 N–H and O–H groups in total. The fourth-order valence-corrected chi connectivity index (χ4v) is 1.33. The fraction of sp³-hybridized carbons (Fsp3) is 0.100. The number of hydrogen-bond donors (Lipinski definition) is 0. The van der Waals surface area contributed by atoms with Crippen molar-refractivity contribution < 1.29 is 0 Å². The minimum absolute atomic E-state index is 0.757. The number of benzene rings is 1. The van der Waals surface area contributed by atoms with Gasteiger partial charge in [-0.05, 0) is 29.7 Å². The van der Waals surface area contributed by atoms with Gasteiger partial charge in [-0.1, -0.05) is 18.2 Å². The van der Waals surface area contributed by atoms with Gasteiger partial charge < -0.3 is 0 Å². The molecule has 0 spiro atoms. The van der Waals surface area contributed by atoms with Crippen LogP contribution in [0.3, 0.4) is 0 Å². The molecular weight excluding hydrogens is 134 g/mol. The second-order valence-electron chi connectivity index (χ2n) is 2.63. The zero-order valence-electron chi connectivity index (χ0n) is 6.04. The highest BCUT2D eigenvalue weighted by Gasteiger charge is 2.04. The zero-order valence-corrected chi connectivity index (χ0v) is 6.04. The van der Waals surface area contributed by atoms with Crippen LogP contribution in [0.15, 0.2) is 24.3 Å². The lowest BCUT2D eigenvalue weighted by Crippen LogP contribution is -1.82. The van der Waals surface area contributed by atoms with Gasteiger partial charge in [-0.2, -0.15) is 5.26 Å². The van der Waals surface area contributed by atoms with E-state index in [9.17, 15) is 0 Å². The molecule has 1 nitrogen and oxygen atoms in total. The molecule has 0 amide bonds. The molecule has 0 saturated carbocycles. The Balaban J connectivity index is 2.56. The Kier molecular flexibility index (Phi) is 1.26. The largest absolute Gasteiger partial charge is 0.192 e. The second-order valence-corrected chi connectivity index (χ2v) is 2.63. The molecule has 0 radical (unpaired) electrons. The van der Waals surface area contributed by atoms with E-state index >= 15 is 0 Å². The highest BCUT2D eigenvalue weighted by Crippen LogP contribution is 2.19. The third-order valence-electron chi connectivity index (χ3n) is 1.91. The summed E-state index contributed by atoms with van der Waals surface area (Å²) in [6.07, 6.45) is 5.19. The second kappa shape index (κ2) is 2.25. The molecule has 0 atom stereocenters. The number of allylic oxidation sites excluding steroid dienone is 1. The van der Waals surface area contributed by atoms with Crippen molar-refractivity contribution in [1.29, 1.82) is 5.26 Å². The molecule has 0 aliphatic heterocycles. The lowest BCUT2D eigenvalue weighted by Gasteiger charge is -1.96. The average molecular weight is 141 g/mol. The minimum atomic E-state index is 0.757. The average Bonchev–Trinajstić information content (AvgIpc) is 2.50. The van der Waals surface area contributed by atoms with E-state index in [2.05, 4.69) is 18.2 Å². The first-order valence-electron chi connectivity index (χ1n) is 3.60. The van der Waals surface area contributed by atoms with Crippen LogP contribution in [0, 0.1) is 11.3 Å². The van der Waals surface area contributed by atoms with Crippen LogP contribution < -0.4 is 0 Å². The van der Waals surface area contributed by atoms with Crippen molar-refractivity contribution in [3.8, 4) is 6.07 Å². The fourth-order valence-electron chi connectivity index (χ4n) is 1.33. The van der Waals surface area contributed by atoms with E-state index in [1.807, 2.05) is 18.2 Å². The molecule has 0 aromatic heterocycles. The number of nitriles is 1. The quantitative estimate of drug-likeness (QED) is 0.543. The van der Waals surface area contributed by atoms with Gasteiger partial charge in [0.15, 0.2) is 0 Å². The Labute approximate surface area is 65.6 Å². The van der Waals surface area contributed by atoms with Crippen molar-refractivity contribution in [2.75, 3.05) is 0 Å². The Morgan fingerprint density at radius 2 is 2.27 bits per heavy atom. The van der Waals surface area contributed by atoms with Crippen molar-refractivity contribution in [3.05, 3.63) is 41.0 Å². The van der Waals surface area contributed by atoms with E-state index in [1.165, 1.54) is 11.1 Å². The van der Waals surface area contributed by atoms with Crippen LogP contribution >= 0.6 is 0 Å². The third-order valence-corrected chi connectivity index (χ3v) is 1.91. The van der Waals surface area contributed by atoms with Gasteiger partial charge in [-0.15, -0.1) is 0 Å². The van der Waals surface area contributed by atoms with Crippen LogP contribution in [0.5, 0.6) is 0 Å². The molecule has 52 valence electrons. The first kappa shape index (κ1) is 6.18. The van der Waals surface area contributed by atoms with Crippen molar-refractivity contribution in [1.82, 2.24) is 0 Å². The summed E-state index contributed by atoms with van der Waals surface area (Å²) in [5.41, 5.74) is 3.28. The molecule has 11 heavy (non-hydrogen) atoms. The van der Waals surface area contributed by atoms with E-state index in [4.69, 9.17) is 5.26 Å². The molecular formula is C10H7N. The van der Waals surface area contributed by atoms with Gasteiger partial charge in [-0.25, -0.2) is 0 Å². The van der Waals surface area contributed by atoms with Crippen molar-refractivity contribution in [2.45, 2.75) is 6.42 Å². The molecule has 1 heteroatoms. The minimum Gasteiger partial charge on any atom is -0.192 e. The summed E-state index contributed by atoms with van der Waals surface area (Å²) >= 11 is 0. The van der Waals surface area contributed by atoms with Gasteiger partial charge >= 0.3 is 0 Å². The van der Waals surface area contributed by atoms with E-state index in [0.717, 1.165) is 12.0 Å². The Morgan fingerprint density at radius 1 is 1.36 bits per heavy atom. The van der Waals surface area contributed by atoms with Gasteiger partial charge in [0.05, 0.1) is 11.6 Å². The zero-order chi connectivity index (χ0) is 7.68. The highest BCUT2D eigenvalue weighted by atomic mass is 14.2. The molecule has 1 aromatic rings. The molecule has 1 aliphatic rings. The summed E-state index contributed by atoms with van der Waals surface area (Å²) in [5, 5.41) is 8.60. The molecule has 1 aliphatic carbocycles. The Morgan fingerprint density at radius 3 is 3.09 bits per heavy atom. The number of nitrogens with zero attached hydrogens (tertiary/aromatic N) is 1. The van der Waals surface area contributed by atoms with Crippen LogP contribution in [-0.2, 0) is 6.42 Å². The van der Waals surface area contributed by atoms with Gasteiger partial charge in [0.1, 0.15) is 0 Å². The van der Waals surface area contributed by atoms with Crippen LogP contribution in [0.25, 0.3) is 6.08 Å². The lowest BCUT2D eigenvalue weighted by atomic mass is 10.1. The molecule has 0 unspecified atom stereocenters. The van der Waals surface area contributed by atoms with Crippen LogP contribution in [0.1, 0.15) is 16.7 Å². The third kappa shape index (κ3) is 0.929. The van der Waals surface area contributed by atoms with Crippen molar-refractivity contribution in [2.24, 2.45) is 0 Å². The van der Waals surface area contributed by atoms with E-state index < -0.39 is 0 Å².